The van der Waals surface area contributed by atoms with Crippen LogP contribution < -0.4 is 0 Å². The van der Waals surface area contributed by atoms with E-state index in [9.17, 15) is 0 Å². The number of nitrogens with zero attached hydrogens (tertiary/aromatic N) is 1. The molecule has 0 spiro atoms. The summed E-state index contributed by atoms with van der Waals surface area (Å²) in [6.45, 7) is 2.14. The van der Waals surface area contributed by atoms with Crippen molar-refractivity contribution < 1.29 is 0 Å². The predicted octanol–water partition coefficient (Wildman–Crippen LogP) is 2.94. The molecule has 0 saturated carbocycles. The molecule has 0 aliphatic heterocycles. The maximum Gasteiger partial charge on any atom is 0.0480 e. The van der Waals surface area contributed by atoms with Gasteiger partial charge in [-0.3, -0.25) is 0 Å². The zero-order chi connectivity index (χ0) is 7.84. The van der Waals surface area contributed by atoms with Crippen LogP contribution in [0.2, 0.25) is 0 Å². The molecule has 0 aliphatic carbocycles. The average molecular weight is 427 g/mol. The zero-order valence-electron chi connectivity index (χ0n) is 8.54. The molecule has 1 heterocycles. The maximum atomic E-state index is 2.16. The number of rotatable bonds is 0. The van der Waals surface area contributed by atoms with Crippen molar-refractivity contribution in [1.29, 1.82) is 0 Å². The number of fused-ring (bicyclic) bond motifs is 1. The number of benzene rings is 1. The summed E-state index contributed by atoms with van der Waals surface area (Å²) in [5.41, 5.74) is 2.66. The van der Waals surface area contributed by atoms with Crippen molar-refractivity contribution in [1.82, 2.24) is 4.57 Å². The van der Waals surface area contributed by atoms with Crippen LogP contribution in [-0.2, 0) is 7.05 Å². The van der Waals surface area contributed by atoms with Gasteiger partial charge in [0, 0.05) is 24.1 Å². The summed E-state index contributed by atoms with van der Waals surface area (Å²) in [6, 6.07) is 8.45. The molecule has 2 aromatic rings. The Morgan fingerprint density at radius 3 is 2.38 bits per heavy atom. The molecule has 0 N–H and O–H groups in total. The van der Waals surface area contributed by atoms with Crippen molar-refractivity contribution in [3.63, 3.8) is 0 Å². The van der Waals surface area contributed by atoms with Gasteiger partial charge in [0.2, 0.25) is 0 Å². The Morgan fingerprint density at radius 2 is 1.77 bits per heavy atom. The van der Waals surface area contributed by atoms with E-state index in [1.165, 1.54) is 16.5 Å². The number of para-hydroxylation sites is 1. The second-order valence-electron chi connectivity index (χ2n) is 2.94. The zero-order valence-corrected chi connectivity index (χ0v) is 14.9. The van der Waals surface area contributed by atoms with E-state index in [0.29, 0.717) is 0 Å². The molecular weight excluding hydrogens is 413 g/mol. The minimum atomic E-state index is 0. The van der Waals surface area contributed by atoms with Gasteiger partial charge in [-0.25, -0.2) is 0 Å². The van der Waals surface area contributed by atoms with E-state index in [1.54, 1.807) is 0 Å². The van der Waals surface area contributed by atoms with Crippen LogP contribution in [-0.4, -0.2) is 4.57 Å². The number of hydrogen-bond donors (Lipinski definition) is 0. The standard InChI is InChI=1S/C10H11N.CH3.Rf/c1-8-7-11(2)10-6-4-3-5-9(8)10;;/h3-7H,1-2H3;1H3;/q;-1;. The van der Waals surface area contributed by atoms with E-state index in [0.717, 1.165) is 0 Å². The Kier molecular flexibility index (Phi) is 2.85. The molecule has 0 amide bonds. The van der Waals surface area contributed by atoms with Crippen LogP contribution in [0.5, 0.6) is 0 Å². The van der Waals surface area contributed by atoms with Crippen molar-refractivity contribution in [3.8, 4) is 0 Å². The first-order valence-electron chi connectivity index (χ1n) is 3.80. The van der Waals surface area contributed by atoms with Gasteiger partial charge in [-0.05, 0) is 18.6 Å². The van der Waals surface area contributed by atoms with E-state index in [4.69, 9.17) is 0 Å². The van der Waals surface area contributed by atoms with Gasteiger partial charge in [0.1, 0.15) is 0 Å². The minimum Gasteiger partial charge on any atom is -0.358 e. The molecule has 1 aromatic heterocycles. The van der Waals surface area contributed by atoms with Crippen molar-refractivity contribution in [3.05, 3.63) is 43.5 Å². The third-order valence-electron chi connectivity index (χ3n) is 2.10. The Bertz CT molecular complexity index is 354. The summed E-state index contributed by atoms with van der Waals surface area (Å²) in [6.07, 6.45) is 2.16. The molecule has 0 saturated heterocycles. The molecule has 0 radical (unpaired) electrons. The van der Waals surface area contributed by atoms with Gasteiger partial charge in [0.25, 0.3) is 0 Å². The van der Waals surface area contributed by atoms with E-state index in [-0.39, 0.29) is 7.43 Å². The molecule has 2 rings (SSSR count). The summed E-state index contributed by atoms with van der Waals surface area (Å²) in [5.74, 6) is 0. The molecule has 0 unspecified atom stereocenters. The SMILES string of the molecule is Cc1cn(C)c2ccccc12.[CH3-].[Rf]. The molecule has 0 bridgehead atoms. The Balaban J connectivity index is 0.000000720. The van der Waals surface area contributed by atoms with Gasteiger partial charge in [-0.1, -0.05) is 18.2 Å². The van der Waals surface area contributed by atoms with Crippen LogP contribution in [0.3, 0.4) is 0 Å². The van der Waals surface area contributed by atoms with Gasteiger partial charge in [-0.2, -0.15) is 0 Å². The minimum absolute atomic E-state index is 0. The Morgan fingerprint density at radius 1 is 1.15 bits per heavy atom. The van der Waals surface area contributed by atoms with Crippen molar-refractivity contribution in [2.45, 2.75) is 6.92 Å². The van der Waals surface area contributed by atoms with Crippen LogP contribution in [0.15, 0.2) is 30.5 Å². The van der Waals surface area contributed by atoms with E-state index >= 15 is 0 Å². The first kappa shape index (κ1) is 10.8. The molecule has 0 fully saturated rings. The monoisotopic (exact) mass is 427 g/mol. The van der Waals surface area contributed by atoms with E-state index < -0.39 is 0 Å². The van der Waals surface area contributed by atoms with Crippen molar-refractivity contribution in [2.75, 3.05) is 0 Å². The molecule has 0 aliphatic rings. The van der Waals surface area contributed by atoms with Gasteiger partial charge in [0.15, 0.2) is 0 Å². The Hall–Kier alpha value is -2.24. The third-order valence-corrected chi connectivity index (χ3v) is 2.10. The van der Waals surface area contributed by atoms with Crippen LogP contribution >= 0.6 is 0 Å². The summed E-state index contributed by atoms with van der Waals surface area (Å²) >= 11 is 0. The predicted molar refractivity (Wildman–Crippen MR) is 54.1 cm³/mol. The van der Waals surface area contributed by atoms with Gasteiger partial charge in [-0.15, -0.1) is 0 Å². The fraction of sp³-hybridized carbons (Fsp3) is 0.182. The summed E-state index contributed by atoms with van der Waals surface area (Å²) in [7, 11) is 2.08. The largest absolute Gasteiger partial charge is 0.358 e. The third kappa shape index (κ3) is 1.36. The smallest absolute Gasteiger partial charge is 0.0480 e. The number of aromatic nitrogens is 1. The average Bonchev–Trinajstić information content (AvgIpc) is 2.30. The molecular formula is C11H14NRf-. The van der Waals surface area contributed by atoms with Crippen LogP contribution in [0.25, 0.3) is 10.9 Å². The van der Waals surface area contributed by atoms with Gasteiger partial charge in [0.05, 0.1) is 0 Å². The van der Waals surface area contributed by atoms with Gasteiger partial charge < -0.3 is 12.0 Å². The van der Waals surface area contributed by atoms with Gasteiger partial charge >= 0.3 is 0 Å². The van der Waals surface area contributed by atoms with E-state index in [2.05, 4.69) is 49.0 Å². The van der Waals surface area contributed by atoms with Crippen molar-refractivity contribution in [2.24, 2.45) is 7.05 Å². The van der Waals surface area contributed by atoms with Crippen LogP contribution in [0.1, 0.15) is 5.56 Å². The molecule has 66 valence electrons. The maximum absolute atomic E-state index is 2.16. The van der Waals surface area contributed by atoms with Crippen molar-refractivity contribution >= 4 is 10.9 Å². The quantitative estimate of drug-likeness (QED) is 0.570. The first-order chi connectivity index (χ1) is 5.29. The van der Waals surface area contributed by atoms with Crippen LogP contribution in [0, 0.1) is 14.4 Å². The number of hydrogen-bond acceptors (Lipinski definition) is 0. The summed E-state index contributed by atoms with van der Waals surface area (Å²) < 4.78 is 2.16. The first-order valence-corrected chi connectivity index (χ1v) is 3.80. The fourth-order valence-electron chi connectivity index (χ4n) is 1.54. The number of aryl methyl sites for hydroxylation is 2. The molecule has 0 atom stereocenters. The summed E-state index contributed by atoms with van der Waals surface area (Å²) in [4.78, 5) is 0. The van der Waals surface area contributed by atoms with Crippen LogP contribution in [0.4, 0.5) is 0 Å². The molecule has 1 aromatic carbocycles. The second-order valence-corrected chi connectivity index (χ2v) is 2.94. The molecule has 13 heavy (non-hydrogen) atoms. The van der Waals surface area contributed by atoms with E-state index in [1.807, 2.05) is 0 Å². The fourth-order valence-corrected chi connectivity index (χ4v) is 1.54. The Labute approximate surface area is 73.6 Å². The molecule has 2 heteroatoms. The second kappa shape index (κ2) is 3.44. The topological polar surface area (TPSA) is 4.93 Å². The molecule has 1 nitrogen and oxygen atoms in total. The summed E-state index contributed by atoms with van der Waals surface area (Å²) in [5, 5.41) is 1.36. The normalized spacial score (nSPS) is 9.08.